The van der Waals surface area contributed by atoms with Crippen LogP contribution < -0.4 is 0 Å². The monoisotopic (exact) mass is 549 g/mol. The Morgan fingerprint density at radius 1 is 0.971 bits per heavy atom. The Kier molecular flexibility index (Phi) is 10.6. The van der Waals surface area contributed by atoms with Gasteiger partial charge in [0.1, 0.15) is 11.0 Å². The van der Waals surface area contributed by atoms with E-state index in [0.717, 1.165) is 13.1 Å². The summed E-state index contributed by atoms with van der Waals surface area (Å²) >= 11 is 6.14. The summed E-state index contributed by atoms with van der Waals surface area (Å²) in [5, 5.41) is 0.234. The number of piperazine rings is 1. The van der Waals surface area contributed by atoms with Gasteiger partial charge in [-0.3, -0.25) is 14.6 Å². The van der Waals surface area contributed by atoms with Gasteiger partial charge >= 0.3 is 5.97 Å². The number of rotatable bonds is 6. The molecule has 2 unspecified atom stereocenters. The molecule has 0 bridgehead atoms. The number of benzene rings is 2. The number of carbonyl (C=O) groups excluding carboxylic acids is 1. The molecular weight excluding hydrogens is 521 g/mol. The summed E-state index contributed by atoms with van der Waals surface area (Å²) < 4.78 is 33.2. The van der Waals surface area contributed by atoms with Crippen LogP contribution in [-0.4, -0.2) is 79.9 Å². The molecule has 2 aliphatic heterocycles. The molecule has 0 amide bonds. The third-order valence-electron chi connectivity index (χ3n) is 6.08. The van der Waals surface area contributed by atoms with Crippen LogP contribution in [0.25, 0.3) is 0 Å². The van der Waals surface area contributed by atoms with Gasteiger partial charge < -0.3 is 4.74 Å². The molecule has 188 valence electrons. The largest absolute Gasteiger partial charge is 0.459 e. The third-order valence-corrected chi connectivity index (χ3v) is 8.47. The first-order valence-corrected chi connectivity index (χ1v) is 12.6. The van der Waals surface area contributed by atoms with Crippen LogP contribution >= 0.6 is 36.4 Å². The minimum atomic E-state index is -3.64. The van der Waals surface area contributed by atoms with Crippen molar-refractivity contribution in [3.63, 3.8) is 0 Å². The van der Waals surface area contributed by atoms with E-state index in [4.69, 9.17) is 16.3 Å². The number of sulfonamides is 1. The molecule has 2 aromatic rings. The van der Waals surface area contributed by atoms with Crippen molar-refractivity contribution in [1.29, 1.82) is 0 Å². The molecule has 0 N–H and O–H groups in total. The number of halogens is 3. The van der Waals surface area contributed by atoms with Crippen LogP contribution in [0.15, 0.2) is 59.5 Å². The van der Waals surface area contributed by atoms with E-state index >= 15 is 0 Å². The zero-order valence-corrected chi connectivity index (χ0v) is 22.1. The first-order valence-electron chi connectivity index (χ1n) is 10.8. The first-order chi connectivity index (χ1) is 15.3. The third kappa shape index (κ3) is 6.63. The van der Waals surface area contributed by atoms with Gasteiger partial charge in [0.05, 0.1) is 11.1 Å². The average molecular weight is 551 g/mol. The zero-order chi connectivity index (χ0) is 22.7. The molecule has 2 aliphatic rings. The second-order valence-corrected chi connectivity index (χ2v) is 10.6. The molecule has 2 fully saturated rings. The number of hydrogen-bond donors (Lipinski definition) is 0. The predicted molar refractivity (Wildman–Crippen MR) is 137 cm³/mol. The molecular formula is C23H30Cl3N3O4S. The predicted octanol–water partition coefficient (Wildman–Crippen LogP) is 3.31. The highest BCUT2D eigenvalue weighted by Gasteiger charge is 2.41. The van der Waals surface area contributed by atoms with Gasteiger partial charge in [-0.25, -0.2) is 8.42 Å². The molecule has 0 aliphatic carbocycles. The number of ether oxygens (including phenoxy) is 1. The van der Waals surface area contributed by atoms with Gasteiger partial charge in [0.25, 0.3) is 0 Å². The summed E-state index contributed by atoms with van der Waals surface area (Å²) in [7, 11) is -3.64. The lowest BCUT2D eigenvalue weighted by Crippen LogP contribution is -2.55. The smallest absolute Gasteiger partial charge is 0.303 e. The topological polar surface area (TPSA) is 70.2 Å². The van der Waals surface area contributed by atoms with Gasteiger partial charge in [0.2, 0.25) is 10.0 Å². The summed E-state index contributed by atoms with van der Waals surface area (Å²) in [5.74, 6) is -0.290. The Morgan fingerprint density at radius 2 is 1.59 bits per heavy atom. The molecule has 0 radical (unpaired) electrons. The van der Waals surface area contributed by atoms with E-state index in [2.05, 4.69) is 21.9 Å². The van der Waals surface area contributed by atoms with Gasteiger partial charge in [-0.1, -0.05) is 54.1 Å². The number of likely N-dealkylation sites (tertiary alicyclic amines) is 1. The molecule has 2 atom stereocenters. The Hall–Kier alpha value is -1.39. The van der Waals surface area contributed by atoms with E-state index in [1.165, 1.54) is 16.8 Å². The molecule has 0 spiro atoms. The van der Waals surface area contributed by atoms with Crippen LogP contribution in [0.2, 0.25) is 5.02 Å². The van der Waals surface area contributed by atoms with Crippen molar-refractivity contribution in [2.24, 2.45) is 0 Å². The summed E-state index contributed by atoms with van der Waals surface area (Å²) in [6.07, 6.45) is -0.233. The normalized spacial score (nSPS) is 21.9. The molecule has 11 heteroatoms. The van der Waals surface area contributed by atoms with Crippen molar-refractivity contribution in [2.75, 3.05) is 39.3 Å². The number of esters is 1. The minimum Gasteiger partial charge on any atom is -0.459 e. The highest BCUT2D eigenvalue weighted by Crippen LogP contribution is 2.27. The number of hydrogen-bond acceptors (Lipinski definition) is 6. The fourth-order valence-corrected chi connectivity index (χ4v) is 6.47. The lowest BCUT2D eigenvalue weighted by molar-refractivity contribution is -0.148. The van der Waals surface area contributed by atoms with E-state index in [0.29, 0.717) is 32.7 Å². The molecule has 2 heterocycles. The van der Waals surface area contributed by atoms with E-state index in [1.807, 2.05) is 18.2 Å². The van der Waals surface area contributed by atoms with Gasteiger partial charge in [0, 0.05) is 52.7 Å². The number of carbonyl (C=O) groups is 1. The molecule has 0 saturated carbocycles. The molecule has 2 aromatic carbocycles. The van der Waals surface area contributed by atoms with Gasteiger partial charge in [-0.2, -0.15) is 4.31 Å². The SMILES string of the molecule is CC(=O)OC1CN(Cc2ccccc2)CC1N1CCN(S(=O)(=O)c2ccccc2Cl)CC1.Cl.Cl. The van der Waals surface area contributed by atoms with Crippen LogP contribution in [0.3, 0.4) is 0 Å². The minimum absolute atomic E-state index is 0. The summed E-state index contributed by atoms with van der Waals surface area (Å²) in [4.78, 5) is 16.4. The van der Waals surface area contributed by atoms with E-state index in [9.17, 15) is 13.2 Å². The second-order valence-electron chi connectivity index (χ2n) is 8.27. The van der Waals surface area contributed by atoms with Crippen LogP contribution in [0.5, 0.6) is 0 Å². The van der Waals surface area contributed by atoms with Crippen LogP contribution in [0, 0.1) is 0 Å². The standard InChI is InChI=1S/C23H28ClN3O4S.2ClH/c1-18(28)31-22-17-25(15-19-7-3-2-4-8-19)16-21(22)26-11-13-27(14-12-26)32(29,30)23-10-6-5-9-20(23)24;;/h2-10,21-22H,11-17H2,1H3;2*1H. The molecule has 34 heavy (non-hydrogen) atoms. The lowest BCUT2D eigenvalue weighted by Gasteiger charge is -2.38. The van der Waals surface area contributed by atoms with Crippen molar-refractivity contribution in [3.8, 4) is 0 Å². The Bertz CT molecular complexity index is 1050. The summed E-state index contributed by atoms with van der Waals surface area (Å²) in [5.41, 5.74) is 1.21. The van der Waals surface area contributed by atoms with E-state index < -0.39 is 10.0 Å². The maximum absolute atomic E-state index is 13.0. The first kappa shape index (κ1) is 28.8. The highest BCUT2D eigenvalue weighted by molar-refractivity contribution is 7.89. The van der Waals surface area contributed by atoms with Crippen molar-refractivity contribution in [3.05, 3.63) is 65.2 Å². The van der Waals surface area contributed by atoms with Crippen molar-refractivity contribution < 1.29 is 17.9 Å². The fraction of sp³-hybridized carbons (Fsp3) is 0.435. The summed E-state index contributed by atoms with van der Waals surface area (Å²) in [6.45, 7) is 5.55. The zero-order valence-electron chi connectivity index (χ0n) is 18.9. The Balaban J connectivity index is 0.00000204. The van der Waals surface area contributed by atoms with Crippen LogP contribution in [0.4, 0.5) is 0 Å². The van der Waals surface area contributed by atoms with Gasteiger partial charge in [0.15, 0.2) is 0 Å². The van der Waals surface area contributed by atoms with Gasteiger partial charge in [-0.15, -0.1) is 24.8 Å². The second kappa shape index (κ2) is 12.5. The molecule has 2 saturated heterocycles. The van der Waals surface area contributed by atoms with Crippen LogP contribution in [-0.2, 0) is 26.1 Å². The number of nitrogens with zero attached hydrogens (tertiary/aromatic N) is 3. The van der Waals surface area contributed by atoms with Crippen LogP contribution in [0.1, 0.15) is 12.5 Å². The van der Waals surface area contributed by atoms with Crippen molar-refractivity contribution in [2.45, 2.75) is 30.5 Å². The molecule has 0 aromatic heterocycles. The Morgan fingerprint density at radius 3 is 2.21 bits per heavy atom. The quantitative estimate of drug-likeness (QED) is 0.514. The van der Waals surface area contributed by atoms with E-state index in [1.54, 1.807) is 24.3 Å². The maximum Gasteiger partial charge on any atom is 0.303 e. The summed E-state index contributed by atoms with van der Waals surface area (Å²) in [6, 6.07) is 16.8. The average Bonchev–Trinajstić information content (AvgIpc) is 3.16. The fourth-order valence-electron chi connectivity index (χ4n) is 4.55. The maximum atomic E-state index is 13.0. The molecule has 4 rings (SSSR count). The highest BCUT2D eigenvalue weighted by atomic mass is 35.5. The van der Waals surface area contributed by atoms with Gasteiger partial charge in [-0.05, 0) is 17.7 Å². The van der Waals surface area contributed by atoms with E-state index in [-0.39, 0.29) is 52.8 Å². The molecule has 7 nitrogen and oxygen atoms in total. The van der Waals surface area contributed by atoms with Crippen molar-refractivity contribution >= 4 is 52.4 Å². The Labute approximate surface area is 218 Å². The lowest BCUT2D eigenvalue weighted by atomic mass is 10.1. The van der Waals surface area contributed by atoms with Crippen molar-refractivity contribution in [1.82, 2.24) is 14.1 Å².